The van der Waals surface area contributed by atoms with Crippen LogP contribution >= 0.6 is 0 Å². The second kappa shape index (κ2) is 8.99. The van der Waals surface area contributed by atoms with Crippen LogP contribution in [0, 0.1) is 5.82 Å². The third-order valence-corrected chi connectivity index (χ3v) is 4.22. The van der Waals surface area contributed by atoms with Crippen molar-refractivity contribution in [2.24, 2.45) is 4.99 Å². The Balaban J connectivity index is 1.63. The van der Waals surface area contributed by atoms with E-state index < -0.39 is 0 Å². The van der Waals surface area contributed by atoms with E-state index in [1.165, 1.54) is 12.1 Å². The normalized spacial score (nSPS) is 12.1. The summed E-state index contributed by atoms with van der Waals surface area (Å²) in [5.41, 5.74) is 2.79. The zero-order valence-electron chi connectivity index (χ0n) is 15.4. The maximum atomic E-state index is 13.5. The topological polar surface area (TPSA) is 30.8 Å². The first-order chi connectivity index (χ1) is 13.2. The zero-order chi connectivity index (χ0) is 19.1. The Labute approximate surface area is 159 Å². The van der Waals surface area contributed by atoms with E-state index in [2.05, 4.69) is 4.99 Å². The standard InChI is InChI=1S/C23H22FNO2/c1-17(22-14-20(24)10-13-23(22)26-2)25-15-18-8-11-21(12-9-18)27-16-19-6-4-3-5-7-19/h3-15,17H,16H2,1-2H3/b25-15-. The van der Waals surface area contributed by atoms with E-state index in [1.807, 2.05) is 61.5 Å². The molecule has 0 radical (unpaired) electrons. The molecule has 0 fully saturated rings. The summed E-state index contributed by atoms with van der Waals surface area (Å²) in [4.78, 5) is 4.53. The molecular formula is C23H22FNO2. The minimum atomic E-state index is -0.298. The average Bonchev–Trinajstić information content (AvgIpc) is 2.72. The summed E-state index contributed by atoms with van der Waals surface area (Å²) in [5, 5.41) is 0. The monoisotopic (exact) mass is 363 g/mol. The number of hydrogen-bond acceptors (Lipinski definition) is 3. The van der Waals surface area contributed by atoms with E-state index in [9.17, 15) is 4.39 Å². The third-order valence-electron chi connectivity index (χ3n) is 4.22. The van der Waals surface area contributed by atoms with Gasteiger partial charge in [0.1, 0.15) is 23.9 Å². The van der Waals surface area contributed by atoms with E-state index in [1.54, 1.807) is 19.4 Å². The van der Waals surface area contributed by atoms with Crippen LogP contribution in [0.2, 0.25) is 0 Å². The summed E-state index contributed by atoms with van der Waals surface area (Å²) < 4.78 is 24.6. The second-order valence-corrected chi connectivity index (χ2v) is 6.18. The van der Waals surface area contributed by atoms with Gasteiger partial charge in [0, 0.05) is 11.8 Å². The summed E-state index contributed by atoms with van der Waals surface area (Å²) in [6.45, 7) is 2.44. The van der Waals surface area contributed by atoms with Crippen LogP contribution in [0.3, 0.4) is 0 Å². The molecule has 0 saturated carbocycles. The molecule has 0 aliphatic heterocycles. The summed E-state index contributed by atoms with van der Waals surface area (Å²) in [6, 6.07) is 22.0. The van der Waals surface area contributed by atoms with E-state index >= 15 is 0 Å². The number of hydrogen-bond donors (Lipinski definition) is 0. The molecule has 1 atom stereocenters. The fourth-order valence-corrected chi connectivity index (χ4v) is 2.70. The number of methoxy groups -OCH3 is 1. The number of nitrogens with zero attached hydrogens (tertiary/aromatic N) is 1. The van der Waals surface area contributed by atoms with Crippen LogP contribution in [0.1, 0.15) is 29.7 Å². The predicted octanol–water partition coefficient (Wildman–Crippen LogP) is 5.59. The molecule has 0 bridgehead atoms. The van der Waals surface area contributed by atoms with E-state index in [0.29, 0.717) is 12.4 Å². The fraction of sp³-hybridized carbons (Fsp3) is 0.174. The molecule has 0 amide bonds. The van der Waals surface area contributed by atoms with Gasteiger partial charge in [-0.3, -0.25) is 4.99 Å². The number of halogens is 1. The maximum absolute atomic E-state index is 13.5. The predicted molar refractivity (Wildman–Crippen MR) is 106 cm³/mol. The SMILES string of the molecule is COc1ccc(F)cc1C(C)/N=C\c1ccc(OCc2ccccc2)cc1. The summed E-state index contributed by atoms with van der Waals surface area (Å²) in [6.07, 6.45) is 1.77. The first kappa shape index (κ1) is 18.6. The molecule has 27 heavy (non-hydrogen) atoms. The summed E-state index contributed by atoms with van der Waals surface area (Å²) >= 11 is 0. The van der Waals surface area contributed by atoms with Gasteiger partial charge in [-0.05, 0) is 60.5 Å². The van der Waals surface area contributed by atoms with Crippen LogP contribution in [0.25, 0.3) is 0 Å². The zero-order valence-corrected chi connectivity index (χ0v) is 15.4. The molecule has 0 saturated heterocycles. The Kier molecular flexibility index (Phi) is 6.21. The third kappa shape index (κ3) is 5.17. The van der Waals surface area contributed by atoms with Gasteiger partial charge >= 0.3 is 0 Å². The molecule has 3 nitrogen and oxygen atoms in total. The quantitative estimate of drug-likeness (QED) is 0.512. The van der Waals surface area contributed by atoms with Crippen LogP contribution in [-0.4, -0.2) is 13.3 Å². The molecular weight excluding hydrogens is 341 g/mol. The van der Waals surface area contributed by atoms with Gasteiger partial charge in [0.25, 0.3) is 0 Å². The molecule has 3 aromatic rings. The van der Waals surface area contributed by atoms with Gasteiger partial charge in [-0.25, -0.2) is 4.39 Å². The highest BCUT2D eigenvalue weighted by Gasteiger charge is 2.11. The molecule has 0 spiro atoms. The molecule has 0 aromatic heterocycles. The van der Waals surface area contributed by atoms with Crippen LogP contribution < -0.4 is 9.47 Å². The van der Waals surface area contributed by atoms with Crippen LogP contribution in [-0.2, 0) is 6.61 Å². The van der Waals surface area contributed by atoms with Crippen molar-refractivity contribution in [3.8, 4) is 11.5 Å². The average molecular weight is 363 g/mol. The molecule has 0 heterocycles. The maximum Gasteiger partial charge on any atom is 0.124 e. The Bertz CT molecular complexity index is 892. The molecule has 138 valence electrons. The number of aliphatic imine (C=N–C) groups is 1. The Morgan fingerprint density at radius 1 is 1.00 bits per heavy atom. The smallest absolute Gasteiger partial charge is 0.124 e. The van der Waals surface area contributed by atoms with Crippen LogP contribution in [0.4, 0.5) is 4.39 Å². The molecule has 0 aliphatic rings. The number of benzene rings is 3. The second-order valence-electron chi connectivity index (χ2n) is 6.18. The van der Waals surface area contributed by atoms with Crippen molar-refractivity contribution in [1.29, 1.82) is 0 Å². The van der Waals surface area contributed by atoms with Gasteiger partial charge in [0.2, 0.25) is 0 Å². The number of rotatable bonds is 7. The highest BCUT2D eigenvalue weighted by molar-refractivity contribution is 5.80. The van der Waals surface area contributed by atoms with Gasteiger partial charge in [0.05, 0.1) is 13.2 Å². The Morgan fingerprint density at radius 3 is 2.44 bits per heavy atom. The lowest BCUT2D eigenvalue weighted by Crippen LogP contribution is -1.97. The minimum absolute atomic E-state index is 0.218. The van der Waals surface area contributed by atoms with Gasteiger partial charge in [-0.1, -0.05) is 30.3 Å². The first-order valence-electron chi connectivity index (χ1n) is 8.79. The van der Waals surface area contributed by atoms with Gasteiger partial charge < -0.3 is 9.47 Å². The lowest BCUT2D eigenvalue weighted by atomic mass is 10.1. The highest BCUT2D eigenvalue weighted by atomic mass is 19.1. The number of ether oxygens (including phenoxy) is 2. The van der Waals surface area contributed by atoms with Crippen molar-refractivity contribution in [2.75, 3.05) is 7.11 Å². The van der Waals surface area contributed by atoms with E-state index in [4.69, 9.17) is 9.47 Å². The van der Waals surface area contributed by atoms with E-state index in [-0.39, 0.29) is 11.9 Å². The van der Waals surface area contributed by atoms with Crippen molar-refractivity contribution in [2.45, 2.75) is 19.6 Å². The Hall–Kier alpha value is -3.14. The van der Waals surface area contributed by atoms with Gasteiger partial charge in [0.15, 0.2) is 0 Å². The molecule has 4 heteroatoms. The van der Waals surface area contributed by atoms with Crippen molar-refractivity contribution in [1.82, 2.24) is 0 Å². The summed E-state index contributed by atoms with van der Waals surface area (Å²) in [7, 11) is 1.57. The van der Waals surface area contributed by atoms with Crippen LogP contribution in [0.5, 0.6) is 11.5 Å². The first-order valence-corrected chi connectivity index (χ1v) is 8.79. The van der Waals surface area contributed by atoms with Crippen molar-refractivity contribution >= 4 is 6.21 Å². The van der Waals surface area contributed by atoms with Crippen molar-refractivity contribution in [3.05, 3.63) is 95.3 Å². The molecule has 0 N–H and O–H groups in total. The molecule has 0 aliphatic carbocycles. The lowest BCUT2D eigenvalue weighted by molar-refractivity contribution is 0.306. The lowest BCUT2D eigenvalue weighted by Gasteiger charge is -2.12. The largest absolute Gasteiger partial charge is 0.496 e. The summed E-state index contributed by atoms with van der Waals surface area (Å²) in [5.74, 6) is 1.13. The van der Waals surface area contributed by atoms with E-state index in [0.717, 1.165) is 22.4 Å². The molecule has 3 rings (SSSR count). The minimum Gasteiger partial charge on any atom is -0.496 e. The fourth-order valence-electron chi connectivity index (χ4n) is 2.70. The van der Waals surface area contributed by atoms with Crippen LogP contribution in [0.15, 0.2) is 77.8 Å². The Morgan fingerprint density at radius 2 is 1.74 bits per heavy atom. The highest BCUT2D eigenvalue weighted by Crippen LogP contribution is 2.28. The van der Waals surface area contributed by atoms with Crippen molar-refractivity contribution in [3.63, 3.8) is 0 Å². The van der Waals surface area contributed by atoms with Gasteiger partial charge in [-0.15, -0.1) is 0 Å². The van der Waals surface area contributed by atoms with Crippen molar-refractivity contribution < 1.29 is 13.9 Å². The molecule has 3 aromatic carbocycles. The molecule has 1 unspecified atom stereocenters. The van der Waals surface area contributed by atoms with Gasteiger partial charge in [-0.2, -0.15) is 0 Å².